The highest BCUT2D eigenvalue weighted by Crippen LogP contribution is 2.49. The van der Waals surface area contributed by atoms with E-state index < -0.39 is 30.5 Å². The van der Waals surface area contributed by atoms with Crippen molar-refractivity contribution in [1.29, 1.82) is 0 Å². The molecule has 132 valence electrons. The molecule has 0 aliphatic carbocycles. The van der Waals surface area contributed by atoms with Crippen molar-refractivity contribution in [1.82, 2.24) is 0 Å². The highest BCUT2D eigenvalue weighted by atomic mass is 19.4. The molecule has 0 aliphatic rings. The molecule has 0 amide bonds. The molecule has 23 heavy (non-hydrogen) atoms. The molecule has 1 aromatic rings. The van der Waals surface area contributed by atoms with Crippen LogP contribution < -0.4 is 4.74 Å². The maximum Gasteiger partial charge on any atom is 0.459 e. The van der Waals surface area contributed by atoms with Crippen LogP contribution >= 0.6 is 0 Å². The summed E-state index contributed by atoms with van der Waals surface area (Å²) in [5.74, 6) is -11.5. The summed E-state index contributed by atoms with van der Waals surface area (Å²) < 4.78 is 93.6. The maximum atomic E-state index is 13.3. The minimum atomic E-state index is -6.42. The van der Waals surface area contributed by atoms with E-state index in [9.17, 15) is 35.8 Å². The molecule has 1 aromatic carbocycles. The zero-order chi connectivity index (χ0) is 18.1. The number of hydrogen-bond acceptors (Lipinski definition) is 2. The maximum absolute atomic E-state index is 13.3. The molecule has 0 fully saturated rings. The number of benzene rings is 1. The summed E-state index contributed by atoms with van der Waals surface area (Å²) in [6.45, 7) is 3.34. The van der Waals surface area contributed by atoms with Gasteiger partial charge in [0.05, 0.1) is 12.2 Å². The molecule has 0 radical (unpaired) electrons. The van der Waals surface area contributed by atoms with E-state index in [1.807, 2.05) is 0 Å². The number of aliphatic hydroxyl groups excluding tert-OH is 1. The van der Waals surface area contributed by atoms with Crippen molar-refractivity contribution in [2.45, 2.75) is 50.5 Å². The van der Waals surface area contributed by atoms with E-state index in [0.717, 1.165) is 12.1 Å². The van der Waals surface area contributed by atoms with Gasteiger partial charge in [0, 0.05) is 6.42 Å². The smallest absolute Gasteiger partial charge is 0.459 e. The van der Waals surface area contributed by atoms with Gasteiger partial charge >= 0.3 is 18.0 Å². The Morgan fingerprint density at radius 2 is 1.61 bits per heavy atom. The fraction of sp³-hybridized carbons (Fsp3) is 0.571. The van der Waals surface area contributed by atoms with Crippen LogP contribution in [0.3, 0.4) is 0 Å². The SMILES string of the molecule is CC(C)Oc1cccc(C(O)CC(F)(F)C(F)(F)C(F)(F)F)c1. The lowest BCUT2D eigenvalue weighted by Crippen LogP contribution is -2.52. The largest absolute Gasteiger partial charge is 0.491 e. The van der Waals surface area contributed by atoms with E-state index in [0.29, 0.717) is 0 Å². The minimum Gasteiger partial charge on any atom is -0.491 e. The Balaban J connectivity index is 2.96. The third-order valence-electron chi connectivity index (χ3n) is 2.88. The molecule has 2 nitrogen and oxygen atoms in total. The Labute approximate surface area is 127 Å². The van der Waals surface area contributed by atoms with Crippen molar-refractivity contribution in [3.05, 3.63) is 29.8 Å². The van der Waals surface area contributed by atoms with Gasteiger partial charge in [-0.3, -0.25) is 0 Å². The summed E-state index contributed by atoms with van der Waals surface area (Å²) in [5, 5.41) is 9.61. The van der Waals surface area contributed by atoms with Crippen molar-refractivity contribution in [3.8, 4) is 5.75 Å². The Kier molecular flexibility index (Phi) is 5.56. The topological polar surface area (TPSA) is 29.5 Å². The zero-order valence-electron chi connectivity index (χ0n) is 12.2. The van der Waals surface area contributed by atoms with Crippen LogP contribution in [0.5, 0.6) is 5.75 Å². The van der Waals surface area contributed by atoms with Gasteiger partial charge in [0.2, 0.25) is 0 Å². The van der Waals surface area contributed by atoms with Crippen LogP contribution in [0.1, 0.15) is 31.9 Å². The predicted octanol–water partition coefficient (Wildman–Crippen LogP) is 4.73. The lowest BCUT2D eigenvalue weighted by molar-refractivity contribution is -0.358. The summed E-state index contributed by atoms with van der Waals surface area (Å²) in [4.78, 5) is 0. The van der Waals surface area contributed by atoms with Crippen molar-refractivity contribution in [3.63, 3.8) is 0 Å². The predicted molar refractivity (Wildman–Crippen MR) is 67.7 cm³/mol. The number of aliphatic hydroxyl groups is 1. The molecule has 9 heteroatoms. The lowest BCUT2D eigenvalue weighted by Gasteiger charge is -2.29. The van der Waals surface area contributed by atoms with Crippen molar-refractivity contribution in [2.75, 3.05) is 0 Å². The molecule has 1 atom stereocenters. The molecule has 0 heterocycles. The van der Waals surface area contributed by atoms with E-state index >= 15 is 0 Å². The van der Waals surface area contributed by atoms with Crippen LogP contribution in [-0.2, 0) is 0 Å². The zero-order valence-corrected chi connectivity index (χ0v) is 12.2. The number of hydrogen-bond donors (Lipinski definition) is 1. The van der Waals surface area contributed by atoms with E-state index in [2.05, 4.69) is 0 Å². The number of alkyl halides is 7. The quantitative estimate of drug-likeness (QED) is 0.753. The fourth-order valence-corrected chi connectivity index (χ4v) is 1.76. The van der Waals surface area contributed by atoms with Gasteiger partial charge in [0.15, 0.2) is 0 Å². The Morgan fingerprint density at radius 3 is 2.09 bits per heavy atom. The van der Waals surface area contributed by atoms with Gasteiger partial charge in [0.1, 0.15) is 5.75 Å². The third-order valence-corrected chi connectivity index (χ3v) is 2.88. The van der Waals surface area contributed by atoms with Gasteiger partial charge in [0.25, 0.3) is 0 Å². The van der Waals surface area contributed by atoms with Crippen LogP contribution in [0.2, 0.25) is 0 Å². The first-order valence-corrected chi connectivity index (χ1v) is 6.55. The molecule has 0 saturated heterocycles. The molecule has 1 N–H and O–H groups in total. The Morgan fingerprint density at radius 1 is 1.04 bits per heavy atom. The second kappa shape index (κ2) is 6.54. The standard InChI is InChI=1S/C14H15F7O2/c1-8(2)23-10-5-3-4-9(6-10)11(22)7-12(15,16)13(17,18)14(19,20)21/h3-6,8,11,22H,7H2,1-2H3. The van der Waals surface area contributed by atoms with E-state index in [4.69, 9.17) is 4.74 Å². The molecule has 0 spiro atoms. The summed E-state index contributed by atoms with van der Waals surface area (Å²) >= 11 is 0. The summed E-state index contributed by atoms with van der Waals surface area (Å²) in [6.07, 6.45) is -11.0. The van der Waals surface area contributed by atoms with E-state index in [1.54, 1.807) is 13.8 Å². The Hall–Kier alpha value is -1.51. The van der Waals surface area contributed by atoms with Gasteiger partial charge in [-0.05, 0) is 31.5 Å². The third kappa shape index (κ3) is 4.49. The minimum absolute atomic E-state index is 0.169. The average molecular weight is 348 g/mol. The van der Waals surface area contributed by atoms with Crippen molar-refractivity contribution in [2.24, 2.45) is 0 Å². The van der Waals surface area contributed by atoms with Gasteiger partial charge in [-0.15, -0.1) is 0 Å². The summed E-state index contributed by atoms with van der Waals surface area (Å²) in [7, 11) is 0. The van der Waals surface area contributed by atoms with Crippen molar-refractivity contribution >= 4 is 0 Å². The van der Waals surface area contributed by atoms with Crippen LogP contribution in [-0.4, -0.2) is 29.2 Å². The molecule has 1 unspecified atom stereocenters. The highest BCUT2D eigenvalue weighted by Gasteiger charge is 2.72. The monoisotopic (exact) mass is 348 g/mol. The van der Waals surface area contributed by atoms with Gasteiger partial charge < -0.3 is 9.84 Å². The molecule has 0 aliphatic heterocycles. The second-order valence-corrected chi connectivity index (χ2v) is 5.24. The molecule has 1 rings (SSSR count). The molecule has 0 bridgehead atoms. The molecular weight excluding hydrogens is 333 g/mol. The Bertz CT molecular complexity index is 526. The molecule has 0 saturated carbocycles. The normalized spacial score (nSPS) is 14.9. The van der Waals surface area contributed by atoms with Crippen LogP contribution in [0, 0.1) is 0 Å². The molecular formula is C14H15F7O2. The van der Waals surface area contributed by atoms with E-state index in [1.165, 1.54) is 12.1 Å². The number of ether oxygens (including phenoxy) is 1. The van der Waals surface area contributed by atoms with Gasteiger partial charge in [-0.25, -0.2) is 0 Å². The number of rotatable bonds is 6. The molecule has 0 aromatic heterocycles. The van der Waals surface area contributed by atoms with E-state index in [-0.39, 0.29) is 17.4 Å². The van der Waals surface area contributed by atoms with Gasteiger partial charge in [-0.1, -0.05) is 12.1 Å². The van der Waals surface area contributed by atoms with Gasteiger partial charge in [-0.2, -0.15) is 30.7 Å². The first-order chi connectivity index (χ1) is 10.3. The van der Waals surface area contributed by atoms with Crippen molar-refractivity contribution < 1.29 is 40.6 Å². The first-order valence-electron chi connectivity index (χ1n) is 6.55. The van der Waals surface area contributed by atoms with Crippen LogP contribution in [0.25, 0.3) is 0 Å². The van der Waals surface area contributed by atoms with Crippen LogP contribution in [0.15, 0.2) is 24.3 Å². The number of halogens is 7. The highest BCUT2D eigenvalue weighted by molar-refractivity contribution is 5.30. The average Bonchev–Trinajstić information content (AvgIpc) is 2.36. The lowest BCUT2D eigenvalue weighted by atomic mass is 9.98. The summed E-state index contributed by atoms with van der Waals surface area (Å²) in [6, 6.07) is 4.96. The summed E-state index contributed by atoms with van der Waals surface area (Å²) in [5.41, 5.74) is -0.249. The van der Waals surface area contributed by atoms with Crippen LogP contribution in [0.4, 0.5) is 30.7 Å². The second-order valence-electron chi connectivity index (χ2n) is 5.24. The first kappa shape index (κ1) is 19.5. The fourth-order valence-electron chi connectivity index (χ4n) is 1.76.